The number of urea groups is 1. The fourth-order valence-electron chi connectivity index (χ4n) is 1.98. The summed E-state index contributed by atoms with van der Waals surface area (Å²) in [5, 5.41) is 10.6. The molecule has 96 valence electrons. The first kappa shape index (κ1) is 13.4. The molecule has 1 fully saturated rings. The minimum absolute atomic E-state index is 0.128. The highest BCUT2D eigenvalue weighted by molar-refractivity contribution is 5.94. The Morgan fingerprint density at radius 3 is 2.35 bits per heavy atom. The van der Waals surface area contributed by atoms with Crippen molar-refractivity contribution in [3.05, 3.63) is 0 Å². The highest BCUT2D eigenvalue weighted by Gasteiger charge is 2.22. The zero-order valence-corrected chi connectivity index (χ0v) is 9.52. The third-order valence-corrected chi connectivity index (χ3v) is 2.80. The van der Waals surface area contributed by atoms with Gasteiger partial charge in [0, 0.05) is 6.42 Å². The third-order valence-electron chi connectivity index (χ3n) is 2.80. The van der Waals surface area contributed by atoms with Gasteiger partial charge in [-0.3, -0.25) is 19.8 Å². The molecule has 4 N–H and O–H groups in total. The Balaban J connectivity index is 2.25. The van der Waals surface area contributed by atoms with E-state index in [2.05, 4.69) is 0 Å². The fraction of sp³-hybridized carbons (Fsp3) is 0.700. The zero-order valence-electron chi connectivity index (χ0n) is 9.52. The predicted molar refractivity (Wildman–Crippen MR) is 59.1 cm³/mol. The summed E-state index contributed by atoms with van der Waals surface area (Å²) < 4.78 is 0. The summed E-state index contributed by atoms with van der Waals surface area (Å²) in [6, 6.07) is -0.851. The summed E-state index contributed by atoms with van der Waals surface area (Å²) in [7, 11) is 0. The van der Waals surface area contributed by atoms with Gasteiger partial charge in [-0.1, -0.05) is 0 Å². The topological polar surface area (TPSA) is 113 Å². The first-order valence-electron chi connectivity index (χ1n) is 5.51. The lowest BCUT2D eigenvalue weighted by molar-refractivity contribution is -0.138. The van der Waals surface area contributed by atoms with Crippen LogP contribution in [0.25, 0.3) is 0 Å². The van der Waals surface area contributed by atoms with Gasteiger partial charge in [-0.05, 0) is 31.8 Å². The molecule has 0 bridgehead atoms. The molecule has 0 saturated carbocycles. The van der Waals surface area contributed by atoms with E-state index in [9.17, 15) is 14.4 Å². The number of rotatable bonds is 4. The van der Waals surface area contributed by atoms with Crippen LogP contribution in [0.2, 0.25) is 0 Å². The van der Waals surface area contributed by atoms with Crippen molar-refractivity contribution in [2.24, 2.45) is 11.7 Å². The quantitative estimate of drug-likeness (QED) is 0.608. The maximum Gasteiger partial charge on any atom is 0.318 e. The van der Waals surface area contributed by atoms with E-state index in [4.69, 9.17) is 10.8 Å². The number of primary amides is 1. The fourth-order valence-corrected chi connectivity index (χ4v) is 1.98. The van der Waals surface area contributed by atoms with E-state index in [0.717, 1.165) is 12.8 Å². The molecule has 1 aliphatic rings. The lowest BCUT2D eigenvalue weighted by Gasteiger charge is -2.30. The van der Waals surface area contributed by atoms with E-state index in [1.165, 1.54) is 0 Å². The van der Waals surface area contributed by atoms with Crippen LogP contribution >= 0.6 is 0 Å². The van der Waals surface area contributed by atoms with Gasteiger partial charge in [0.1, 0.15) is 0 Å². The largest absolute Gasteiger partial charge is 0.481 e. The average molecular weight is 243 g/mol. The highest BCUT2D eigenvalue weighted by atomic mass is 16.4. The van der Waals surface area contributed by atoms with E-state index in [0.29, 0.717) is 13.1 Å². The lowest BCUT2D eigenvalue weighted by atomic mass is 9.94. The molecule has 7 nitrogen and oxygen atoms in total. The van der Waals surface area contributed by atoms with Crippen LogP contribution in [0.3, 0.4) is 0 Å². The van der Waals surface area contributed by atoms with Crippen molar-refractivity contribution in [1.29, 1.82) is 0 Å². The molecule has 7 heteroatoms. The Bertz CT molecular complexity index is 311. The van der Waals surface area contributed by atoms with E-state index >= 15 is 0 Å². The molecule has 1 aliphatic heterocycles. The molecule has 1 rings (SSSR count). The van der Waals surface area contributed by atoms with Crippen molar-refractivity contribution in [3.8, 4) is 0 Å². The van der Waals surface area contributed by atoms with E-state index < -0.39 is 17.9 Å². The molecule has 3 amide bonds. The van der Waals surface area contributed by atoms with Crippen LogP contribution in [0.5, 0.6) is 0 Å². The number of piperidine rings is 1. The Labute approximate surface area is 98.9 Å². The number of hydrogen-bond donors (Lipinski definition) is 3. The van der Waals surface area contributed by atoms with Crippen molar-refractivity contribution in [2.75, 3.05) is 19.6 Å². The third kappa shape index (κ3) is 5.30. The number of amides is 3. The number of carboxylic acids is 1. The second-order valence-corrected chi connectivity index (χ2v) is 4.23. The van der Waals surface area contributed by atoms with Crippen LogP contribution < -0.4 is 11.1 Å². The first-order chi connectivity index (χ1) is 7.97. The predicted octanol–water partition coefficient (Wildman–Crippen LogP) is -0.632. The summed E-state index contributed by atoms with van der Waals surface area (Å²) in [5.74, 6) is -1.02. The average Bonchev–Trinajstić information content (AvgIpc) is 2.18. The zero-order chi connectivity index (χ0) is 12.8. The van der Waals surface area contributed by atoms with Crippen LogP contribution in [0, 0.1) is 5.92 Å². The van der Waals surface area contributed by atoms with Gasteiger partial charge in [0.15, 0.2) is 0 Å². The Morgan fingerprint density at radius 2 is 1.88 bits per heavy atom. The molecular formula is C10H17N3O4. The molecule has 0 radical (unpaired) electrons. The Hall–Kier alpha value is -1.63. The van der Waals surface area contributed by atoms with Gasteiger partial charge in [0.2, 0.25) is 5.91 Å². The summed E-state index contributed by atoms with van der Waals surface area (Å²) in [6.45, 7) is 1.47. The number of aliphatic carboxylic acids is 1. The molecule has 0 unspecified atom stereocenters. The second-order valence-electron chi connectivity index (χ2n) is 4.23. The number of nitrogens with zero attached hydrogens (tertiary/aromatic N) is 1. The van der Waals surface area contributed by atoms with E-state index in [-0.39, 0.29) is 18.9 Å². The monoisotopic (exact) mass is 243 g/mol. The van der Waals surface area contributed by atoms with Crippen LogP contribution in [0.15, 0.2) is 0 Å². The first-order valence-corrected chi connectivity index (χ1v) is 5.51. The van der Waals surface area contributed by atoms with Crippen LogP contribution in [-0.4, -0.2) is 47.5 Å². The molecule has 0 atom stereocenters. The summed E-state index contributed by atoms with van der Waals surface area (Å²) in [6.07, 6.45) is 1.70. The van der Waals surface area contributed by atoms with Gasteiger partial charge >= 0.3 is 12.0 Å². The molecule has 1 saturated heterocycles. The van der Waals surface area contributed by atoms with E-state index in [1.54, 1.807) is 0 Å². The van der Waals surface area contributed by atoms with E-state index in [1.807, 2.05) is 10.2 Å². The minimum Gasteiger partial charge on any atom is -0.481 e. The number of carboxylic acid groups (broad SMARTS) is 1. The summed E-state index contributed by atoms with van der Waals surface area (Å²) in [5.41, 5.74) is 4.82. The van der Waals surface area contributed by atoms with Gasteiger partial charge in [-0.2, -0.15) is 0 Å². The van der Waals surface area contributed by atoms with Gasteiger partial charge in [-0.25, -0.2) is 4.79 Å². The number of carbonyl (C=O) groups is 3. The molecule has 0 aromatic heterocycles. The van der Waals surface area contributed by atoms with Crippen molar-refractivity contribution in [1.82, 2.24) is 10.2 Å². The molecule has 1 heterocycles. The molecule has 0 aromatic rings. The standard InChI is InChI=1S/C10H17N3O4/c11-10(17)12-8(14)6-13-3-1-7(2-4-13)5-9(15)16/h7H,1-6H2,(H,15,16)(H3,11,12,14,17). The van der Waals surface area contributed by atoms with Crippen molar-refractivity contribution in [2.45, 2.75) is 19.3 Å². The van der Waals surface area contributed by atoms with Crippen LogP contribution in [0.1, 0.15) is 19.3 Å². The van der Waals surface area contributed by atoms with Crippen molar-refractivity contribution >= 4 is 17.9 Å². The maximum absolute atomic E-state index is 11.2. The van der Waals surface area contributed by atoms with Crippen molar-refractivity contribution in [3.63, 3.8) is 0 Å². The van der Waals surface area contributed by atoms with Crippen molar-refractivity contribution < 1.29 is 19.5 Å². The SMILES string of the molecule is NC(=O)NC(=O)CN1CCC(CC(=O)O)CC1. The lowest BCUT2D eigenvalue weighted by Crippen LogP contribution is -2.44. The Kier molecular flexibility index (Phi) is 4.89. The van der Waals surface area contributed by atoms with Crippen LogP contribution in [0.4, 0.5) is 4.79 Å². The smallest absolute Gasteiger partial charge is 0.318 e. The number of imide groups is 1. The van der Waals surface area contributed by atoms with Gasteiger partial charge in [0.05, 0.1) is 6.54 Å². The number of hydrogen-bond acceptors (Lipinski definition) is 4. The van der Waals surface area contributed by atoms with Gasteiger partial charge in [-0.15, -0.1) is 0 Å². The highest BCUT2D eigenvalue weighted by Crippen LogP contribution is 2.19. The molecule has 0 spiro atoms. The summed E-state index contributed by atoms with van der Waals surface area (Å²) in [4.78, 5) is 34.1. The molecule has 17 heavy (non-hydrogen) atoms. The molecular weight excluding hydrogens is 226 g/mol. The normalized spacial score (nSPS) is 17.6. The van der Waals surface area contributed by atoms with Gasteiger partial charge in [0.25, 0.3) is 0 Å². The Morgan fingerprint density at radius 1 is 1.29 bits per heavy atom. The van der Waals surface area contributed by atoms with Gasteiger partial charge < -0.3 is 10.8 Å². The molecule has 0 aromatic carbocycles. The number of nitrogens with one attached hydrogen (secondary N) is 1. The minimum atomic E-state index is -0.851. The molecule has 0 aliphatic carbocycles. The number of likely N-dealkylation sites (tertiary alicyclic amines) is 1. The summed E-state index contributed by atoms with van der Waals surface area (Å²) >= 11 is 0. The number of nitrogens with two attached hydrogens (primary N) is 1. The maximum atomic E-state index is 11.2. The second kappa shape index (κ2) is 6.19. The van der Waals surface area contributed by atoms with Crippen LogP contribution in [-0.2, 0) is 9.59 Å². The number of carbonyl (C=O) groups excluding carboxylic acids is 2.